The standard InChI is InChI=1S/C24H26F3N3O4/c1-15(2)23-17(14-30(29-23)22-10-7-18(13-28-22)24(25,26)27)6-5-11-33-20-9-8-19(34-16(3)31)12-21(20)32-4/h7-10,12-15H,5-6,11H2,1-4H3. The molecule has 0 aliphatic rings. The number of nitrogens with zero attached hydrogens (tertiary/aromatic N) is 3. The van der Waals surface area contributed by atoms with Crippen LogP contribution in [0.5, 0.6) is 17.2 Å². The highest BCUT2D eigenvalue weighted by Crippen LogP contribution is 2.32. The van der Waals surface area contributed by atoms with E-state index in [0.29, 0.717) is 42.5 Å². The van der Waals surface area contributed by atoms with E-state index in [2.05, 4.69) is 10.1 Å². The molecule has 10 heteroatoms. The molecule has 0 saturated carbocycles. The first-order chi connectivity index (χ1) is 16.1. The van der Waals surface area contributed by atoms with Crippen LogP contribution in [0, 0.1) is 0 Å². The number of esters is 1. The number of alkyl halides is 3. The molecule has 34 heavy (non-hydrogen) atoms. The molecule has 3 rings (SSSR count). The van der Waals surface area contributed by atoms with Crippen LogP contribution in [0.3, 0.4) is 0 Å². The van der Waals surface area contributed by atoms with E-state index in [4.69, 9.17) is 14.2 Å². The Morgan fingerprint density at radius 1 is 1.15 bits per heavy atom. The third-order valence-electron chi connectivity index (χ3n) is 4.92. The molecule has 0 fully saturated rings. The predicted octanol–water partition coefficient (Wildman–Crippen LogP) is 5.36. The van der Waals surface area contributed by atoms with Crippen molar-refractivity contribution >= 4 is 5.97 Å². The van der Waals surface area contributed by atoms with Crippen LogP contribution >= 0.6 is 0 Å². The molecule has 0 aliphatic heterocycles. The van der Waals surface area contributed by atoms with E-state index in [1.165, 1.54) is 24.8 Å². The van der Waals surface area contributed by atoms with Crippen LogP contribution in [0.1, 0.15) is 49.9 Å². The first-order valence-corrected chi connectivity index (χ1v) is 10.7. The summed E-state index contributed by atoms with van der Waals surface area (Å²) in [6, 6.07) is 7.17. The number of methoxy groups -OCH3 is 1. The fourth-order valence-electron chi connectivity index (χ4n) is 3.35. The molecule has 7 nitrogen and oxygen atoms in total. The Morgan fingerprint density at radius 3 is 2.50 bits per heavy atom. The number of carbonyl (C=O) groups excluding carboxylic acids is 1. The lowest BCUT2D eigenvalue weighted by Crippen LogP contribution is -2.07. The Labute approximate surface area is 195 Å². The van der Waals surface area contributed by atoms with Gasteiger partial charge in [-0.15, -0.1) is 0 Å². The van der Waals surface area contributed by atoms with Crippen molar-refractivity contribution in [2.24, 2.45) is 0 Å². The molecule has 0 bridgehead atoms. The SMILES string of the molecule is COc1cc(OC(C)=O)ccc1OCCCc1cn(-c2ccc(C(F)(F)F)cn2)nc1C(C)C. The van der Waals surface area contributed by atoms with Gasteiger partial charge in [-0.3, -0.25) is 4.79 Å². The van der Waals surface area contributed by atoms with Crippen LogP contribution in [-0.2, 0) is 17.4 Å². The number of rotatable bonds is 9. The average molecular weight is 477 g/mol. The van der Waals surface area contributed by atoms with E-state index >= 15 is 0 Å². The lowest BCUT2D eigenvalue weighted by Gasteiger charge is -2.12. The number of carbonyl (C=O) groups is 1. The van der Waals surface area contributed by atoms with Gasteiger partial charge in [0.25, 0.3) is 0 Å². The normalized spacial score (nSPS) is 11.5. The fourth-order valence-corrected chi connectivity index (χ4v) is 3.35. The van der Waals surface area contributed by atoms with Gasteiger partial charge >= 0.3 is 12.1 Å². The number of pyridine rings is 1. The minimum absolute atomic E-state index is 0.125. The number of hydrogen-bond acceptors (Lipinski definition) is 6. The topological polar surface area (TPSA) is 75.5 Å². The average Bonchev–Trinajstić information content (AvgIpc) is 3.21. The molecule has 0 amide bonds. The van der Waals surface area contributed by atoms with Crippen LogP contribution in [0.2, 0.25) is 0 Å². The third kappa shape index (κ3) is 6.27. The van der Waals surface area contributed by atoms with Crippen LogP contribution in [-0.4, -0.2) is 34.5 Å². The molecule has 0 atom stereocenters. The lowest BCUT2D eigenvalue weighted by molar-refractivity contribution is -0.138. The Balaban J connectivity index is 1.66. The van der Waals surface area contributed by atoms with E-state index < -0.39 is 17.7 Å². The quantitative estimate of drug-likeness (QED) is 0.235. The van der Waals surface area contributed by atoms with Crippen molar-refractivity contribution in [1.82, 2.24) is 14.8 Å². The van der Waals surface area contributed by atoms with Gasteiger partial charge < -0.3 is 14.2 Å². The summed E-state index contributed by atoms with van der Waals surface area (Å²) in [5.74, 6) is 1.34. The summed E-state index contributed by atoms with van der Waals surface area (Å²) < 4.78 is 56.1. The second-order valence-corrected chi connectivity index (χ2v) is 7.90. The zero-order valence-corrected chi connectivity index (χ0v) is 19.3. The molecular weight excluding hydrogens is 451 g/mol. The first kappa shape index (κ1) is 25.1. The minimum Gasteiger partial charge on any atom is -0.493 e. The number of benzene rings is 1. The van der Waals surface area contributed by atoms with E-state index in [1.807, 2.05) is 13.8 Å². The number of hydrogen-bond donors (Lipinski definition) is 0. The number of ether oxygens (including phenoxy) is 3. The Bertz CT molecular complexity index is 1130. The molecule has 182 valence electrons. The highest BCUT2D eigenvalue weighted by atomic mass is 19.4. The van der Waals surface area contributed by atoms with Crippen molar-refractivity contribution in [2.75, 3.05) is 13.7 Å². The maximum atomic E-state index is 12.8. The minimum atomic E-state index is -4.44. The third-order valence-corrected chi connectivity index (χ3v) is 4.92. The summed E-state index contributed by atoms with van der Waals surface area (Å²) in [6.45, 7) is 5.72. The van der Waals surface area contributed by atoms with Gasteiger partial charge in [-0.2, -0.15) is 18.3 Å². The summed E-state index contributed by atoms with van der Waals surface area (Å²) in [7, 11) is 1.50. The molecule has 2 heterocycles. The van der Waals surface area contributed by atoms with Crippen LogP contribution in [0.15, 0.2) is 42.7 Å². The maximum Gasteiger partial charge on any atom is 0.417 e. The van der Waals surface area contributed by atoms with E-state index in [-0.39, 0.29) is 5.92 Å². The zero-order chi connectivity index (χ0) is 24.9. The van der Waals surface area contributed by atoms with E-state index in [1.54, 1.807) is 24.4 Å². The highest BCUT2D eigenvalue weighted by molar-refractivity contribution is 5.69. The van der Waals surface area contributed by atoms with Gasteiger partial charge in [0, 0.05) is 25.4 Å². The Kier molecular flexibility index (Phi) is 7.80. The summed E-state index contributed by atoms with van der Waals surface area (Å²) in [5, 5.41) is 4.54. The van der Waals surface area contributed by atoms with Gasteiger partial charge in [0.15, 0.2) is 17.3 Å². The lowest BCUT2D eigenvalue weighted by atomic mass is 10.0. The largest absolute Gasteiger partial charge is 0.493 e. The second-order valence-electron chi connectivity index (χ2n) is 7.90. The number of halogens is 3. The molecule has 0 saturated heterocycles. The fraction of sp³-hybridized carbons (Fsp3) is 0.375. The van der Waals surface area contributed by atoms with Gasteiger partial charge in [0.1, 0.15) is 5.75 Å². The van der Waals surface area contributed by atoms with Crippen molar-refractivity contribution in [3.8, 4) is 23.1 Å². The van der Waals surface area contributed by atoms with Crippen molar-refractivity contribution in [3.05, 3.63) is 59.5 Å². The van der Waals surface area contributed by atoms with Crippen molar-refractivity contribution in [2.45, 2.75) is 45.7 Å². The van der Waals surface area contributed by atoms with E-state index in [0.717, 1.165) is 23.5 Å². The van der Waals surface area contributed by atoms with Gasteiger partial charge in [-0.25, -0.2) is 9.67 Å². The smallest absolute Gasteiger partial charge is 0.417 e. The summed E-state index contributed by atoms with van der Waals surface area (Å²) in [6.07, 6.45) is -0.519. The molecule has 0 aliphatic carbocycles. The van der Waals surface area contributed by atoms with Gasteiger partial charge in [-0.1, -0.05) is 13.8 Å². The molecule has 3 aromatic rings. The second kappa shape index (κ2) is 10.6. The number of aromatic nitrogens is 3. The molecule has 2 aromatic heterocycles. The Hall–Kier alpha value is -3.56. The molecule has 0 N–H and O–H groups in total. The van der Waals surface area contributed by atoms with Crippen molar-refractivity contribution < 1.29 is 32.2 Å². The first-order valence-electron chi connectivity index (χ1n) is 10.7. The maximum absolute atomic E-state index is 12.8. The number of aryl methyl sites for hydroxylation is 1. The van der Waals surface area contributed by atoms with Crippen LogP contribution < -0.4 is 14.2 Å². The molecule has 0 spiro atoms. The molecule has 1 aromatic carbocycles. The highest BCUT2D eigenvalue weighted by Gasteiger charge is 2.30. The summed E-state index contributed by atoms with van der Waals surface area (Å²) in [5.41, 5.74) is 1.02. The molecule has 0 radical (unpaired) electrons. The predicted molar refractivity (Wildman–Crippen MR) is 119 cm³/mol. The van der Waals surface area contributed by atoms with Gasteiger partial charge in [0.05, 0.1) is 25.0 Å². The van der Waals surface area contributed by atoms with Crippen molar-refractivity contribution in [3.63, 3.8) is 0 Å². The summed E-state index contributed by atoms with van der Waals surface area (Å²) in [4.78, 5) is 15.0. The van der Waals surface area contributed by atoms with Gasteiger partial charge in [-0.05, 0) is 48.6 Å². The summed E-state index contributed by atoms with van der Waals surface area (Å²) >= 11 is 0. The zero-order valence-electron chi connectivity index (χ0n) is 19.3. The monoisotopic (exact) mass is 477 g/mol. The van der Waals surface area contributed by atoms with Gasteiger partial charge in [0.2, 0.25) is 0 Å². The van der Waals surface area contributed by atoms with Crippen LogP contribution in [0.25, 0.3) is 5.82 Å². The molecular formula is C24H26F3N3O4. The van der Waals surface area contributed by atoms with Crippen molar-refractivity contribution in [1.29, 1.82) is 0 Å². The van der Waals surface area contributed by atoms with Crippen LogP contribution in [0.4, 0.5) is 13.2 Å². The van der Waals surface area contributed by atoms with E-state index in [9.17, 15) is 18.0 Å². The molecule has 0 unspecified atom stereocenters. The Morgan fingerprint density at radius 2 is 1.91 bits per heavy atom.